The molecule has 2 heteroatoms. The van der Waals surface area contributed by atoms with Crippen LogP contribution in [0.3, 0.4) is 0 Å². The average molecular weight is 288 g/mol. The molecule has 21 heavy (non-hydrogen) atoms. The van der Waals surface area contributed by atoms with Gasteiger partial charge in [-0.3, -0.25) is 4.90 Å². The van der Waals surface area contributed by atoms with Crippen molar-refractivity contribution in [3.8, 4) is 0 Å². The SMILES string of the molecule is CCNC(c1ccccc1)C(C)(C)CN1CCCC1(C)C. The standard InChI is InChI=1S/C19H32N2/c1-6-20-17(16-11-8-7-9-12-16)18(2,3)15-21-14-10-13-19(21,4)5/h7-9,11-12,17,20H,6,10,13-15H2,1-5H3. The zero-order valence-corrected chi connectivity index (χ0v) is 14.4. The van der Waals surface area contributed by atoms with E-state index >= 15 is 0 Å². The second kappa shape index (κ2) is 6.50. The van der Waals surface area contributed by atoms with Gasteiger partial charge in [0.2, 0.25) is 0 Å². The van der Waals surface area contributed by atoms with E-state index in [1.54, 1.807) is 0 Å². The average Bonchev–Trinajstić information content (AvgIpc) is 2.75. The maximum Gasteiger partial charge on any atom is 0.0384 e. The molecule has 2 nitrogen and oxygen atoms in total. The highest BCUT2D eigenvalue weighted by molar-refractivity contribution is 5.21. The van der Waals surface area contributed by atoms with Crippen molar-refractivity contribution < 1.29 is 0 Å². The first kappa shape index (κ1) is 16.5. The van der Waals surface area contributed by atoms with Gasteiger partial charge in [-0.05, 0) is 50.8 Å². The molecule has 1 aliphatic rings. The lowest BCUT2D eigenvalue weighted by Gasteiger charge is -2.42. The summed E-state index contributed by atoms with van der Waals surface area (Å²) in [6.07, 6.45) is 2.65. The van der Waals surface area contributed by atoms with Gasteiger partial charge >= 0.3 is 0 Å². The Morgan fingerprint density at radius 3 is 2.43 bits per heavy atom. The number of hydrogen-bond acceptors (Lipinski definition) is 2. The van der Waals surface area contributed by atoms with Gasteiger partial charge in [-0.25, -0.2) is 0 Å². The van der Waals surface area contributed by atoms with Crippen molar-refractivity contribution in [1.82, 2.24) is 10.2 Å². The molecule has 1 atom stereocenters. The molecule has 1 fully saturated rings. The van der Waals surface area contributed by atoms with Crippen molar-refractivity contribution >= 4 is 0 Å². The first-order valence-corrected chi connectivity index (χ1v) is 8.40. The van der Waals surface area contributed by atoms with Crippen LogP contribution < -0.4 is 5.32 Å². The van der Waals surface area contributed by atoms with Crippen molar-refractivity contribution in [1.29, 1.82) is 0 Å². The molecule has 0 amide bonds. The minimum atomic E-state index is 0.207. The Bertz CT molecular complexity index is 436. The van der Waals surface area contributed by atoms with Crippen molar-refractivity contribution in [2.45, 2.75) is 59.0 Å². The lowest BCUT2D eigenvalue weighted by atomic mass is 9.79. The van der Waals surface area contributed by atoms with E-state index in [9.17, 15) is 0 Å². The van der Waals surface area contributed by atoms with Gasteiger partial charge in [0, 0.05) is 18.1 Å². The second-order valence-electron chi connectivity index (χ2n) is 7.73. The van der Waals surface area contributed by atoms with Crippen LogP contribution in [0.25, 0.3) is 0 Å². The number of nitrogens with one attached hydrogen (secondary N) is 1. The summed E-state index contributed by atoms with van der Waals surface area (Å²) in [6.45, 7) is 15.2. The summed E-state index contributed by atoms with van der Waals surface area (Å²) in [7, 11) is 0. The van der Waals surface area contributed by atoms with E-state index < -0.39 is 0 Å². The molecule has 1 heterocycles. The van der Waals surface area contributed by atoms with Crippen LogP contribution in [0, 0.1) is 5.41 Å². The van der Waals surface area contributed by atoms with Crippen LogP contribution in [0.2, 0.25) is 0 Å². The monoisotopic (exact) mass is 288 g/mol. The lowest BCUT2D eigenvalue weighted by molar-refractivity contribution is 0.0889. The lowest BCUT2D eigenvalue weighted by Crippen LogP contribution is -2.48. The van der Waals surface area contributed by atoms with E-state index in [4.69, 9.17) is 0 Å². The molecule has 0 aliphatic carbocycles. The molecule has 0 spiro atoms. The Balaban J connectivity index is 2.18. The van der Waals surface area contributed by atoms with Crippen LogP contribution in [0.1, 0.15) is 59.1 Å². The quantitative estimate of drug-likeness (QED) is 0.842. The second-order valence-corrected chi connectivity index (χ2v) is 7.73. The molecule has 1 aromatic carbocycles. The van der Waals surface area contributed by atoms with E-state index in [2.05, 4.69) is 75.2 Å². The molecule has 118 valence electrons. The van der Waals surface area contributed by atoms with Crippen LogP contribution in [-0.2, 0) is 0 Å². The largest absolute Gasteiger partial charge is 0.310 e. The minimum Gasteiger partial charge on any atom is -0.310 e. The number of hydrogen-bond donors (Lipinski definition) is 1. The van der Waals surface area contributed by atoms with E-state index in [-0.39, 0.29) is 5.41 Å². The number of likely N-dealkylation sites (tertiary alicyclic amines) is 1. The van der Waals surface area contributed by atoms with Crippen LogP contribution in [0.15, 0.2) is 30.3 Å². The molecule has 0 bridgehead atoms. The first-order chi connectivity index (χ1) is 9.87. The molecule has 1 saturated heterocycles. The maximum atomic E-state index is 3.71. The van der Waals surface area contributed by atoms with Crippen molar-refractivity contribution in [3.63, 3.8) is 0 Å². The Kier molecular flexibility index (Phi) is 5.11. The van der Waals surface area contributed by atoms with Gasteiger partial charge in [0.1, 0.15) is 0 Å². The topological polar surface area (TPSA) is 15.3 Å². The van der Waals surface area contributed by atoms with Gasteiger partial charge in [-0.15, -0.1) is 0 Å². The normalized spacial score (nSPS) is 20.6. The van der Waals surface area contributed by atoms with E-state index in [0.29, 0.717) is 11.6 Å². The van der Waals surface area contributed by atoms with Gasteiger partial charge in [0.05, 0.1) is 0 Å². The molecular weight excluding hydrogens is 256 g/mol. The summed E-state index contributed by atoms with van der Waals surface area (Å²) in [4.78, 5) is 2.68. The molecular formula is C19H32N2. The third kappa shape index (κ3) is 3.87. The summed E-state index contributed by atoms with van der Waals surface area (Å²) in [5.41, 5.74) is 1.96. The zero-order chi connectivity index (χ0) is 15.5. The summed E-state index contributed by atoms with van der Waals surface area (Å²) in [5, 5.41) is 3.71. The van der Waals surface area contributed by atoms with Crippen LogP contribution in [-0.4, -0.2) is 30.1 Å². The number of benzene rings is 1. The summed E-state index contributed by atoms with van der Waals surface area (Å²) in [6, 6.07) is 11.3. The molecule has 1 N–H and O–H groups in total. The molecule has 1 unspecified atom stereocenters. The fourth-order valence-electron chi connectivity index (χ4n) is 3.73. The summed E-state index contributed by atoms with van der Waals surface area (Å²) in [5.74, 6) is 0. The smallest absolute Gasteiger partial charge is 0.0384 e. The highest BCUT2D eigenvalue weighted by atomic mass is 15.2. The Morgan fingerprint density at radius 2 is 1.90 bits per heavy atom. The van der Waals surface area contributed by atoms with Crippen LogP contribution in [0.4, 0.5) is 0 Å². The highest BCUT2D eigenvalue weighted by Crippen LogP contribution is 2.38. The molecule has 0 aromatic heterocycles. The van der Waals surface area contributed by atoms with E-state index in [0.717, 1.165) is 13.1 Å². The van der Waals surface area contributed by atoms with Gasteiger partial charge in [0.15, 0.2) is 0 Å². The van der Waals surface area contributed by atoms with Crippen molar-refractivity contribution in [3.05, 3.63) is 35.9 Å². The maximum absolute atomic E-state index is 3.71. The molecule has 2 rings (SSSR count). The van der Waals surface area contributed by atoms with Gasteiger partial charge in [-0.1, -0.05) is 51.1 Å². The zero-order valence-electron chi connectivity index (χ0n) is 14.4. The van der Waals surface area contributed by atoms with Crippen LogP contribution >= 0.6 is 0 Å². The molecule has 1 aliphatic heterocycles. The Labute approximate surface area is 130 Å². The fraction of sp³-hybridized carbons (Fsp3) is 0.684. The number of rotatable bonds is 6. The summed E-state index contributed by atoms with van der Waals surface area (Å²) < 4.78 is 0. The molecule has 0 saturated carbocycles. The minimum absolute atomic E-state index is 0.207. The fourth-order valence-corrected chi connectivity index (χ4v) is 3.73. The molecule has 0 radical (unpaired) electrons. The Hall–Kier alpha value is -0.860. The third-order valence-corrected chi connectivity index (χ3v) is 4.99. The van der Waals surface area contributed by atoms with Crippen molar-refractivity contribution in [2.24, 2.45) is 5.41 Å². The molecule has 1 aromatic rings. The van der Waals surface area contributed by atoms with Gasteiger partial charge < -0.3 is 5.32 Å². The van der Waals surface area contributed by atoms with E-state index in [1.165, 1.54) is 24.9 Å². The van der Waals surface area contributed by atoms with Crippen molar-refractivity contribution in [2.75, 3.05) is 19.6 Å². The third-order valence-electron chi connectivity index (χ3n) is 4.99. The van der Waals surface area contributed by atoms with Gasteiger partial charge in [0.25, 0.3) is 0 Å². The van der Waals surface area contributed by atoms with Crippen LogP contribution in [0.5, 0.6) is 0 Å². The predicted molar refractivity (Wildman–Crippen MR) is 91.5 cm³/mol. The Morgan fingerprint density at radius 1 is 1.24 bits per heavy atom. The first-order valence-electron chi connectivity index (χ1n) is 8.40. The number of nitrogens with zero attached hydrogens (tertiary/aromatic N) is 1. The van der Waals surface area contributed by atoms with E-state index in [1.807, 2.05) is 0 Å². The van der Waals surface area contributed by atoms with Gasteiger partial charge in [-0.2, -0.15) is 0 Å². The predicted octanol–water partition coefficient (Wildman–Crippen LogP) is 4.24. The highest BCUT2D eigenvalue weighted by Gasteiger charge is 2.38. The summed E-state index contributed by atoms with van der Waals surface area (Å²) >= 11 is 0.